The maximum Gasteiger partial charge on any atom is 0.288 e. The van der Waals surface area contributed by atoms with Gasteiger partial charge in [0.05, 0.1) is 22.7 Å². The average Bonchev–Trinajstić information content (AvgIpc) is 2.70. The molecule has 0 unspecified atom stereocenters. The molecule has 0 bridgehead atoms. The van der Waals surface area contributed by atoms with Gasteiger partial charge in [-0.05, 0) is 49.2 Å². The van der Waals surface area contributed by atoms with Crippen LogP contribution in [0.1, 0.15) is 31.9 Å². The maximum atomic E-state index is 11.9. The van der Waals surface area contributed by atoms with E-state index in [1.54, 1.807) is 18.2 Å². The van der Waals surface area contributed by atoms with Gasteiger partial charge in [-0.25, -0.2) is 0 Å². The van der Waals surface area contributed by atoms with Gasteiger partial charge in [0.1, 0.15) is 0 Å². The summed E-state index contributed by atoms with van der Waals surface area (Å²) in [6.45, 7) is 9.55. The Kier molecular flexibility index (Phi) is 9.40. The first-order chi connectivity index (χ1) is 14.5. The molecule has 31 heavy (non-hydrogen) atoms. The van der Waals surface area contributed by atoms with E-state index >= 15 is 0 Å². The van der Waals surface area contributed by atoms with E-state index in [1.165, 1.54) is 0 Å². The van der Waals surface area contributed by atoms with Gasteiger partial charge in [0.2, 0.25) is 18.6 Å². The molecule has 2 rings (SSSR count). The number of carbonyl (C=O) groups excluding carboxylic acids is 4. The normalized spacial score (nSPS) is 10.1. The summed E-state index contributed by atoms with van der Waals surface area (Å²) in [6.07, 6.45) is 0.676. The van der Waals surface area contributed by atoms with Crippen LogP contribution in [0.15, 0.2) is 36.4 Å². The Morgan fingerprint density at radius 3 is 1.84 bits per heavy atom. The Morgan fingerprint density at radius 2 is 1.35 bits per heavy atom. The summed E-state index contributed by atoms with van der Waals surface area (Å²) in [5, 5.41) is 10.8. The van der Waals surface area contributed by atoms with Crippen LogP contribution in [0.2, 0.25) is 0 Å². The second kappa shape index (κ2) is 11.5. The summed E-state index contributed by atoms with van der Waals surface area (Å²) in [6, 6.07) is 11.0. The molecule has 0 fully saturated rings. The van der Waals surface area contributed by atoms with Crippen molar-refractivity contribution in [3.8, 4) is 0 Å². The molecule has 0 saturated carbocycles. The number of hydrogen-bond donors (Lipinski definition) is 4. The monoisotopic (exact) mass is 426 g/mol. The minimum absolute atomic E-state index is 0.0228. The van der Waals surface area contributed by atoms with E-state index in [-0.39, 0.29) is 17.6 Å². The predicted molar refractivity (Wildman–Crippen MR) is 124 cm³/mol. The third kappa shape index (κ3) is 8.30. The molecular formula is C23H30N4O4. The molecule has 0 radical (unpaired) electrons. The van der Waals surface area contributed by atoms with Crippen LogP contribution in [-0.4, -0.2) is 31.6 Å². The van der Waals surface area contributed by atoms with E-state index in [0.29, 0.717) is 17.8 Å². The molecule has 0 aliphatic heterocycles. The second-order valence-electron chi connectivity index (χ2n) is 7.92. The SMILES string of the molecule is CNc1ccc(C)cc1NC(=O)C(C)(C)C.Cc1ccc(NC(=O)C=O)c(NC=O)c1. The van der Waals surface area contributed by atoms with Crippen LogP contribution in [0, 0.1) is 19.3 Å². The minimum Gasteiger partial charge on any atom is -0.386 e. The number of aryl methyl sites for hydroxylation is 2. The van der Waals surface area contributed by atoms with Gasteiger partial charge in [-0.1, -0.05) is 32.9 Å². The lowest BCUT2D eigenvalue weighted by atomic mass is 9.95. The van der Waals surface area contributed by atoms with Crippen LogP contribution in [-0.2, 0) is 19.2 Å². The molecule has 166 valence electrons. The van der Waals surface area contributed by atoms with Crippen LogP contribution < -0.4 is 21.3 Å². The van der Waals surface area contributed by atoms with Crippen LogP contribution in [0.4, 0.5) is 22.7 Å². The minimum atomic E-state index is -0.757. The largest absolute Gasteiger partial charge is 0.386 e. The van der Waals surface area contributed by atoms with Crippen molar-refractivity contribution in [3.05, 3.63) is 47.5 Å². The quantitative estimate of drug-likeness (QED) is 0.415. The van der Waals surface area contributed by atoms with Gasteiger partial charge < -0.3 is 21.3 Å². The molecule has 0 atom stereocenters. The Morgan fingerprint density at radius 1 is 0.806 bits per heavy atom. The zero-order valence-corrected chi connectivity index (χ0v) is 18.8. The number of amides is 3. The Hall–Kier alpha value is -3.68. The zero-order chi connectivity index (χ0) is 23.6. The first kappa shape index (κ1) is 25.4. The first-order valence-corrected chi connectivity index (χ1v) is 9.68. The number of aldehydes is 1. The fraction of sp³-hybridized carbons (Fsp3) is 0.304. The predicted octanol–water partition coefficient (Wildman–Crippen LogP) is 3.72. The van der Waals surface area contributed by atoms with Crippen LogP contribution in [0.25, 0.3) is 0 Å². The number of carbonyl (C=O) groups is 4. The highest BCUT2D eigenvalue weighted by Crippen LogP contribution is 2.25. The standard InChI is InChI=1S/C13H20N2O.C10H10N2O3/c1-9-6-7-10(14-5)11(8-9)15-12(16)13(2,3)4;1-7-2-3-8(12-10(15)5-13)9(4-7)11-6-14/h6-8,14H,1-5H3,(H,15,16);2-6H,1H3,(H,11,14)(H,12,15). The first-order valence-electron chi connectivity index (χ1n) is 9.68. The molecule has 0 heterocycles. The molecule has 3 amide bonds. The Bertz CT molecular complexity index is 949. The molecule has 0 aliphatic carbocycles. The third-order valence-electron chi connectivity index (χ3n) is 4.13. The number of rotatable bonds is 6. The van der Waals surface area contributed by atoms with Crippen molar-refractivity contribution >= 4 is 47.3 Å². The molecule has 8 nitrogen and oxygen atoms in total. The number of hydrogen-bond acceptors (Lipinski definition) is 5. The van der Waals surface area contributed by atoms with Crippen LogP contribution >= 0.6 is 0 Å². The van der Waals surface area contributed by atoms with Crippen molar-refractivity contribution in [1.82, 2.24) is 0 Å². The third-order valence-corrected chi connectivity index (χ3v) is 4.13. The smallest absolute Gasteiger partial charge is 0.288 e. The summed E-state index contributed by atoms with van der Waals surface area (Å²) in [5.41, 5.74) is 4.30. The van der Waals surface area contributed by atoms with Crippen molar-refractivity contribution in [2.45, 2.75) is 34.6 Å². The van der Waals surface area contributed by atoms with Gasteiger partial charge in [0.25, 0.3) is 5.91 Å². The lowest BCUT2D eigenvalue weighted by molar-refractivity contribution is -0.127. The Balaban J connectivity index is 0.000000311. The van der Waals surface area contributed by atoms with E-state index in [0.717, 1.165) is 22.5 Å². The van der Waals surface area contributed by atoms with Crippen LogP contribution in [0.3, 0.4) is 0 Å². The van der Waals surface area contributed by atoms with Gasteiger partial charge in [-0.15, -0.1) is 0 Å². The van der Waals surface area contributed by atoms with Crippen molar-refractivity contribution < 1.29 is 19.2 Å². The van der Waals surface area contributed by atoms with Crippen molar-refractivity contribution in [2.75, 3.05) is 28.3 Å². The molecule has 0 spiro atoms. The van der Waals surface area contributed by atoms with Crippen LogP contribution in [0.5, 0.6) is 0 Å². The second-order valence-corrected chi connectivity index (χ2v) is 7.92. The van der Waals surface area contributed by atoms with Crippen molar-refractivity contribution in [3.63, 3.8) is 0 Å². The van der Waals surface area contributed by atoms with E-state index in [4.69, 9.17) is 0 Å². The van der Waals surface area contributed by atoms with Gasteiger partial charge in [-0.3, -0.25) is 19.2 Å². The molecule has 0 aliphatic rings. The summed E-state index contributed by atoms with van der Waals surface area (Å²) in [5.74, 6) is -0.734. The Labute approximate surface area is 182 Å². The fourth-order valence-electron chi connectivity index (χ4n) is 2.40. The molecule has 4 N–H and O–H groups in total. The average molecular weight is 427 g/mol. The molecule has 0 saturated heterocycles. The highest BCUT2D eigenvalue weighted by atomic mass is 16.2. The van der Waals surface area contributed by atoms with Gasteiger partial charge >= 0.3 is 0 Å². The van der Waals surface area contributed by atoms with Gasteiger partial charge in [0, 0.05) is 12.5 Å². The topological polar surface area (TPSA) is 116 Å². The highest BCUT2D eigenvalue weighted by Gasteiger charge is 2.21. The molecule has 8 heteroatoms. The fourth-order valence-corrected chi connectivity index (χ4v) is 2.40. The van der Waals surface area contributed by atoms with Crippen molar-refractivity contribution in [2.24, 2.45) is 5.41 Å². The number of benzene rings is 2. The molecule has 0 aromatic heterocycles. The molecule has 2 aromatic carbocycles. The summed E-state index contributed by atoms with van der Waals surface area (Å²) in [7, 11) is 1.84. The highest BCUT2D eigenvalue weighted by molar-refractivity contribution is 6.30. The van der Waals surface area contributed by atoms with E-state index in [1.807, 2.05) is 59.9 Å². The molecule has 2 aromatic rings. The summed E-state index contributed by atoms with van der Waals surface area (Å²) >= 11 is 0. The maximum absolute atomic E-state index is 11.9. The van der Waals surface area contributed by atoms with Gasteiger partial charge in [0.15, 0.2) is 0 Å². The molecular weight excluding hydrogens is 396 g/mol. The van der Waals surface area contributed by atoms with E-state index in [9.17, 15) is 19.2 Å². The van der Waals surface area contributed by atoms with E-state index < -0.39 is 5.91 Å². The van der Waals surface area contributed by atoms with E-state index in [2.05, 4.69) is 21.3 Å². The lowest BCUT2D eigenvalue weighted by Crippen LogP contribution is -2.27. The van der Waals surface area contributed by atoms with Crippen molar-refractivity contribution in [1.29, 1.82) is 0 Å². The zero-order valence-electron chi connectivity index (χ0n) is 18.8. The summed E-state index contributed by atoms with van der Waals surface area (Å²) < 4.78 is 0. The lowest BCUT2D eigenvalue weighted by Gasteiger charge is -2.19. The van der Waals surface area contributed by atoms with Gasteiger partial charge in [-0.2, -0.15) is 0 Å². The summed E-state index contributed by atoms with van der Waals surface area (Å²) in [4.78, 5) is 43.1. The number of nitrogens with one attached hydrogen (secondary N) is 4. The number of anilines is 4.